The van der Waals surface area contributed by atoms with E-state index in [1.165, 1.54) is 12.5 Å². The first-order valence-electron chi connectivity index (χ1n) is 12.4. The molecule has 2 heterocycles. The predicted octanol–water partition coefficient (Wildman–Crippen LogP) is 3.90. The molecule has 0 bridgehead atoms. The van der Waals surface area contributed by atoms with E-state index in [0.29, 0.717) is 48.7 Å². The number of hydrogen-bond acceptors (Lipinski definition) is 5. The highest BCUT2D eigenvalue weighted by molar-refractivity contribution is 7.93. The maximum Gasteiger partial charge on any atom is 0.264 e. The van der Waals surface area contributed by atoms with Gasteiger partial charge in [0.2, 0.25) is 5.91 Å². The lowest BCUT2D eigenvalue weighted by Gasteiger charge is -2.40. The van der Waals surface area contributed by atoms with Crippen LogP contribution in [0.1, 0.15) is 43.0 Å². The van der Waals surface area contributed by atoms with Gasteiger partial charge in [0.15, 0.2) is 0 Å². The van der Waals surface area contributed by atoms with Crippen molar-refractivity contribution < 1.29 is 18.0 Å². The van der Waals surface area contributed by atoms with Gasteiger partial charge in [-0.2, -0.15) is 0 Å². The van der Waals surface area contributed by atoms with E-state index in [4.69, 9.17) is 0 Å². The van der Waals surface area contributed by atoms with Crippen LogP contribution in [0.5, 0.6) is 0 Å². The molecule has 1 atom stereocenters. The number of nitrogens with one attached hydrogen (secondary N) is 1. The van der Waals surface area contributed by atoms with Gasteiger partial charge in [0.05, 0.1) is 5.52 Å². The van der Waals surface area contributed by atoms with Crippen molar-refractivity contribution in [2.45, 2.75) is 43.5 Å². The van der Waals surface area contributed by atoms with Gasteiger partial charge in [-0.1, -0.05) is 24.6 Å². The fourth-order valence-electron chi connectivity index (χ4n) is 4.91. The molecule has 36 heavy (non-hydrogen) atoms. The van der Waals surface area contributed by atoms with Crippen LogP contribution in [0.2, 0.25) is 0 Å². The van der Waals surface area contributed by atoms with E-state index in [2.05, 4.69) is 9.71 Å². The maximum atomic E-state index is 13.2. The van der Waals surface area contributed by atoms with Crippen LogP contribution in [0.15, 0.2) is 65.7 Å². The molecule has 1 aliphatic carbocycles. The van der Waals surface area contributed by atoms with Gasteiger partial charge in [-0.25, -0.2) is 8.42 Å². The molecule has 0 unspecified atom stereocenters. The molecule has 2 aromatic carbocycles. The molecule has 0 radical (unpaired) electrons. The Morgan fingerprint density at radius 3 is 2.47 bits per heavy atom. The van der Waals surface area contributed by atoms with Crippen molar-refractivity contribution >= 4 is 38.4 Å². The third-order valence-electron chi connectivity index (χ3n) is 7.20. The number of piperazine rings is 1. The predicted molar refractivity (Wildman–Crippen MR) is 138 cm³/mol. The van der Waals surface area contributed by atoms with E-state index in [-0.39, 0.29) is 22.8 Å². The molecule has 188 valence electrons. The second kappa shape index (κ2) is 9.89. The lowest BCUT2D eigenvalue weighted by atomic mass is 9.82. The van der Waals surface area contributed by atoms with Gasteiger partial charge in [-0.3, -0.25) is 19.3 Å². The SMILES string of the molecule is C[C@@H]1CN(C(=O)CC2CCC2)CCN1C(=O)c1ccc(NS(=O)(=O)c2cccc3cccnc23)cc1. The highest BCUT2D eigenvalue weighted by Crippen LogP contribution is 2.30. The molecule has 3 aromatic rings. The van der Waals surface area contributed by atoms with E-state index in [1.54, 1.807) is 47.5 Å². The molecule has 2 amide bonds. The first-order valence-corrected chi connectivity index (χ1v) is 13.9. The zero-order valence-corrected chi connectivity index (χ0v) is 21.1. The minimum Gasteiger partial charge on any atom is -0.339 e. The van der Waals surface area contributed by atoms with Crippen LogP contribution >= 0.6 is 0 Å². The van der Waals surface area contributed by atoms with Crippen LogP contribution in [0.25, 0.3) is 10.9 Å². The Morgan fingerprint density at radius 2 is 1.78 bits per heavy atom. The van der Waals surface area contributed by atoms with Crippen molar-refractivity contribution in [2.24, 2.45) is 5.92 Å². The molecular formula is C27H30N4O4S. The van der Waals surface area contributed by atoms with Crippen LogP contribution in [0.4, 0.5) is 5.69 Å². The molecular weight excluding hydrogens is 476 g/mol. The molecule has 1 saturated heterocycles. The third kappa shape index (κ3) is 4.93. The number of rotatable bonds is 6. The number of carbonyl (C=O) groups is 2. The van der Waals surface area contributed by atoms with Gasteiger partial charge in [0, 0.05) is 54.9 Å². The van der Waals surface area contributed by atoms with E-state index in [9.17, 15) is 18.0 Å². The summed E-state index contributed by atoms with van der Waals surface area (Å²) in [5.74, 6) is 0.596. The molecule has 0 spiro atoms. The summed E-state index contributed by atoms with van der Waals surface area (Å²) in [5, 5.41) is 0.736. The monoisotopic (exact) mass is 506 g/mol. The van der Waals surface area contributed by atoms with Crippen LogP contribution in [-0.2, 0) is 14.8 Å². The fraction of sp³-hybridized carbons (Fsp3) is 0.370. The van der Waals surface area contributed by atoms with Crippen LogP contribution < -0.4 is 4.72 Å². The standard InChI is InChI=1S/C27H30N4O4S/c1-19-18-30(25(32)17-20-5-2-6-20)15-16-31(19)27(33)22-10-12-23(13-11-22)29-36(34,35)24-9-3-7-21-8-4-14-28-26(21)24/h3-4,7-14,19-20,29H,2,5-6,15-18H2,1H3/t19-/m1/s1. The molecule has 1 aliphatic heterocycles. The number of sulfonamides is 1. The number of nitrogens with zero attached hydrogens (tertiary/aromatic N) is 3. The van der Waals surface area contributed by atoms with Gasteiger partial charge in [-0.15, -0.1) is 0 Å². The number of pyridine rings is 1. The van der Waals surface area contributed by atoms with Crippen LogP contribution in [0, 0.1) is 5.92 Å². The Labute approximate surface area is 211 Å². The van der Waals surface area contributed by atoms with Crippen molar-refractivity contribution in [1.29, 1.82) is 0 Å². The van der Waals surface area contributed by atoms with E-state index in [0.717, 1.165) is 18.2 Å². The van der Waals surface area contributed by atoms with Crippen molar-refractivity contribution in [3.8, 4) is 0 Å². The Hall–Kier alpha value is -3.46. The summed E-state index contributed by atoms with van der Waals surface area (Å²) in [6, 6.07) is 14.9. The minimum absolute atomic E-state index is 0.0892. The second-order valence-electron chi connectivity index (χ2n) is 9.70. The van der Waals surface area contributed by atoms with Crippen LogP contribution in [0.3, 0.4) is 0 Å². The Balaban J connectivity index is 1.24. The maximum absolute atomic E-state index is 13.2. The average Bonchev–Trinajstić information content (AvgIpc) is 2.85. The molecule has 1 N–H and O–H groups in total. The number of hydrogen-bond donors (Lipinski definition) is 1. The highest BCUT2D eigenvalue weighted by atomic mass is 32.2. The molecule has 2 aliphatic rings. The summed E-state index contributed by atoms with van der Waals surface area (Å²) < 4.78 is 28.7. The smallest absolute Gasteiger partial charge is 0.264 e. The summed E-state index contributed by atoms with van der Waals surface area (Å²) in [7, 11) is -3.87. The highest BCUT2D eigenvalue weighted by Gasteiger charge is 2.32. The summed E-state index contributed by atoms with van der Waals surface area (Å²) in [6.07, 6.45) is 5.69. The van der Waals surface area contributed by atoms with Crippen molar-refractivity contribution in [3.05, 3.63) is 66.4 Å². The van der Waals surface area contributed by atoms with Gasteiger partial charge in [0.25, 0.3) is 15.9 Å². The Bertz CT molecular complexity index is 1380. The molecule has 1 aromatic heterocycles. The van der Waals surface area contributed by atoms with Gasteiger partial charge in [-0.05, 0) is 62.1 Å². The normalized spacial score (nSPS) is 18.6. The summed E-state index contributed by atoms with van der Waals surface area (Å²) >= 11 is 0. The number of anilines is 1. The van der Waals surface area contributed by atoms with Crippen molar-refractivity contribution in [3.63, 3.8) is 0 Å². The number of para-hydroxylation sites is 1. The van der Waals surface area contributed by atoms with Crippen molar-refractivity contribution in [2.75, 3.05) is 24.4 Å². The zero-order valence-electron chi connectivity index (χ0n) is 20.3. The lowest BCUT2D eigenvalue weighted by molar-refractivity contribution is -0.135. The quantitative estimate of drug-likeness (QED) is 0.547. The Kier molecular flexibility index (Phi) is 6.66. The fourth-order valence-corrected chi connectivity index (χ4v) is 6.15. The molecule has 8 nitrogen and oxygen atoms in total. The number of fused-ring (bicyclic) bond motifs is 1. The third-order valence-corrected chi connectivity index (χ3v) is 8.61. The number of aromatic nitrogens is 1. The minimum atomic E-state index is -3.87. The van der Waals surface area contributed by atoms with E-state index in [1.807, 2.05) is 24.0 Å². The largest absolute Gasteiger partial charge is 0.339 e. The number of amides is 2. The lowest BCUT2D eigenvalue weighted by Crippen LogP contribution is -2.55. The molecule has 5 rings (SSSR count). The average molecular weight is 507 g/mol. The summed E-state index contributed by atoms with van der Waals surface area (Å²) in [4.78, 5) is 33.7. The van der Waals surface area contributed by atoms with Gasteiger partial charge in [0.1, 0.15) is 4.90 Å². The number of benzene rings is 2. The summed E-state index contributed by atoms with van der Waals surface area (Å²) in [6.45, 7) is 3.52. The van der Waals surface area contributed by atoms with E-state index < -0.39 is 10.0 Å². The van der Waals surface area contributed by atoms with E-state index >= 15 is 0 Å². The first-order chi connectivity index (χ1) is 17.3. The second-order valence-corrected chi connectivity index (χ2v) is 11.4. The molecule has 2 fully saturated rings. The Morgan fingerprint density at radius 1 is 1.03 bits per heavy atom. The first kappa shape index (κ1) is 24.2. The van der Waals surface area contributed by atoms with Crippen LogP contribution in [-0.4, -0.2) is 60.7 Å². The number of carbonyl (C=O) groups excluding carboxylic acids is 2. The van der Waals surface area contributed by atoms with Gasteiger partial charge < -0.3 is 9.80 Å². The topological polar surface area (TPSA) is 99.7 Å². The van der Waals surface area contributed by atoms with Crippen molar-refractivity contribution in [1.82, 2.24) is 14.8 Å². The molecule has 1 saturated carbocycles. The summed E-state index contributed by atoms with van der Waals surface area (Å²) in [5.41, 5.74) is 1.24. The molecule has 9 heteroatoms. The zero-order chi connectivity index (χ0) is 25.3. The van der Waals surface area contributed by atoms with Gasteiger partial charge >= 0.3 is 0 Å².